The Kier molecular flexibility index (Phi) is 4.02. The zero-order chi connectivity index (χ0) is 14.9. The van der Waals surface area contributed by atoms with Crippen LogP contribution in [-0.2, 0) is 10.0 Å². The van der Waals surface area contributed by atoms with E-state index in [2.05, 4.69) is 0 Å². The fraction of sp³-hybridized carbons (Fsp3) is 0.562. The summed E-state index contributed by atoms with van der Waals surface area (Å²) in [4.78, 5) is 11.9. The van der Waals surface area contributed by atoms with E-state index in [0.29, 0.717) is 11.3 Å². The van der Waals surface area contributed by atoms with Gasteiger partial charge in [0, 0.05) is 18.5 Å². The molecule has 1 aromatic rings. The van der Waals surface area contributed by atoms with Gasteiger partial charge in [0.1, 0.15) is 0 Å². The van der Waals surface area contributed by atoms with Crippen LogP contribution in [0.5, 0.6) is 0 Å². The summed E-state index contributed by atoms with van der Waals surface area (Å²) in [6, 6.07) is 7.04. The van der Waals surface area contributed by atoms with Crippen LogP contribution in [0.4, 0.5) is 5.69 Å². The lowest BCUT2D eigenvalue weighted by molar-refractivity contribution is 0.0982. The van der Waals surface area contributed by atoms with E-state index >= 15 is 0 Å². The molecule has 3 rings (SSSR count). The monoisotopic (exact) mass is 307 g/mol. The first-order chi connectivity index (χ1) is 10.1. The van der Waals surface area contributed by atoms with Crippen LogP contribution in [0.25, 0.3) is 0 Å². The van der Waals surface area contributed by atoms with Gasteiger partial charge in [-0.05, 0) is 30.9 Å². The van der Waals surface area contributed by atoms with Crippen molar-refractivity contribution in [2.24, 2.45) is 5.92 Å². The highest BCUT2D eigenvalue weighted by molar-refractivity contribution is 7.92. The molecule has 0 amide bonds. The van der Waals surface area contributed by atoms with Gasteiger partial charge in [0.2, 0.25) is 10.0 Å². The zero-order valence-electron chi connectivity index (χ0n) is 12.1. The maximum atomic E-state index is 12.7. The number of fused-ring (bicyclic) bond motifs is 1. The first-order valence-electron chi connectivity index (χ1n) is 7.70. The highest BCUT2D eigenvalue weighted by Gasteiger charge is 2.32. The summed E-state index contributed by atoms with van der Waals surface area (Å²) in [6.07, 6.45) is 5.78. The Morgan fingerprint density at radius 3 is 2.57 bits per heavy atom. The van der Waals surface area contributed by atoms with Crippen LogP contribution in [0.15, 0.2) is 24.3 Å². The number of carbonyl (C=O) groups excluding carboxylic acids is 1. The summed E-state index contributed by atoms with van der Waals surface area (Å²) < 4.78 is 26.9. The number of nitrogens with zero attached hydrogens (tertiary/aromatic N) is 1. The van der Waals surface area contributed by atoms with Gasteiger partial charge in [-0.2, -0.15) is 0 Å². The summed E-state index contributed by atoms with van der Waals surface area (Å²) in [5.41, 5.74) is 1.10. The lowest BCUT2D eigenvalue weighted by atomic mass is 9.91. The van der Waals surface area contributed by atoms with Gasteiger partial charge in [-0.3, -0.25) is 9.10 Å². The van der Waals surface area contributed by atoms with Gasteiger partial charge in [-0.25, -0.2) is 8.42 Å². The van der Waals surface area contributed by atoms with Crippen LogP contribution in [0.1, 0.15) is 48.9 Å². The van der Waals surface area contributed by atoms with E-state index in [0.717, 1.165) is 25.7 Å². The molecule has 0 unspecified atom stereocenters. The van der Waals surface area contributed by atoms with Crippen molar-refractivity contribution < 1.29 is 13.2 Å². The van der Waals surface area contributed by atoms with Gasteiger partial charge in [-0.1, -0.05) is 31.4 Å². The van der Waals surface area contributed by atoms with E-state index in [1.165, 1.54) is 10.7 Å². The molecule has 1 heterocycles. The first-order valence-corrected chi connectivity index (χ1v) is 9.31. The summed E-state index contributed by atoms with van der Waals surface area (Å²) in [5.74, 6) is 0.526. The van der Waals surface area contributed by atoms with Gasteiger partial charge in [0.25, 0.3) is 0 Å². The molecule has 4 nitrogen and oxygen atoms in total. The van der Waals surface area contributed by atoms with Crippen LogP contribution >= 0.6 is 0 Å². The fourth-order valence-corrected chi connectivity index (χ4v) is 5.35. The molecule has 1 aliphatic carbocycles. The Balaban J connectivity index is 1.85. The van der Waals surface area contributed by atoms with E-state index in [4.69, 9.17) is 0 Å². The fourth-order valence-electron chi connectivity index (χ4n) is 3.42. The predicted octanol–water partition coefficient (Wildman–Crippen LogP) is 2.99. The quantitative estimate of drug-likeness (QED) is 0.862. The summed E-state index contributed by atoms with van der Waals surface area (Å²) in [5, 5.41) is 0. The van der Waals surface area contributed by atoms with Crippen molar-refractivity contribution in [2.75, 3.05) is 16.6 Å². The van der Waals surface area contributed by atoms with Crippen molar-refractivity contribution in [2.45, 2.75) is 38.5 Å². The van der Waals surface area contributed by atoms with Gasteiger partial charge < -0.3 is 0 Å². The minimum absolute atomic E-state index is 0.0368. The Morgan fingerprint density at radius 2 is 1.81 bits per heavy atom. The third-order valence-electron chi connectivity index (χ3n) is 4.52. The standard InChI is InChI=1S/C16H21NO3S/c18-16-10-11-17(15-9-5-4-8-14(15)16)21(19,20)12-13-6-2-1-3-7-13/h4-5,8-9,13H,1-3,6-7,10-12H2. The van der Waals surface area contributed by atoms with Crippen molar-refractivity contribution in [3.63, 3.8) is 0 Å². The third-order valence-corrected chi connectivity index (χ3v) is 6.47. The smallest absolute Gasteiger partial charge is 0.235 e. The number of hydrogen-bond acceptors (Lipinski definition) is 3. The Bertz CT molecular complexity index is 633. The zero-order valence-corrected chi connectivity index (χ0v) is 12.9. The molecular formula is C16H21NO3S. The molecule has 21 heavy (non-hydrogen) atoms. The molecule has 1 aromatic carbocycles. The van der Waals surface area contributed by atoms with Crippen LogP contribution in [-0.4, -0.2) is 26.5 Å². The molecule has 114 valence electrons. The van der Waals surface area contributed by atoms with Crippen LogP contribution in [0, 0.1) is 5.92 Å². The number of sulfonamides is 1. The number of hydrogen-bond donors (Lipinski definition) is 0. The number of benzene rings is 1. The van der Waals surface area contributed by atoms with Gasteiger partial charge in [0.15, 0.2) is 5.78 Å². The lowest BCUT2D eigenvalue weighted by Gasteiger charge is -2.31. The molecular weight excluding hydrogens is 286 g/mol. The van der Waals surface area contributed by atoms with E-state index in [-0.39, 0.29) is 30.4 Å². The third kappa shape index (κ3) is 2.98. The first kappa shape index (κ1) is 14.6. The number of rotatable bonds is 3. The summed E-state index contributed by atoms with van der Waals surface area (Å²) in [6.45, 7) is 0.283. The number of ketones is 1. The second kappa shape index (κ2) is 5.79. The van der Waals surface area contributed by atoms with Crippen molar-refractivity contribution in [3.8, 4) is 0 Å². The average molecular weight is 307 g/mol. The van der Waals surface area contributed by atoms with Crippen LogP contribution in [0.2, 0.25) is 0 Å². The Hall–Kier alpha value is -1.36. The lowest BCUT2D eigenvalue weighted by Crippen LogP contribution is -2.40. The topological polar surface area (TPSA) is 54.5 Å². The highest BCUT2D eigenvalue weighted by Crippen LogP contribution is 2.32. The maximum Gasteiger partial charge on any atom is 0.235 e. The molecule has 5 heteroatoms. The number of para-hydroxylation sites is 1. The SMILES string of the molecule is O=C1CCN(S(=O)(=O)CC2CCCCC2)c2ccccc21. The molecule has 0 saturated heterocycles. The predicted molar refractivity (Wildman–Crippen MR) is 83.1 cm³/mol. The Labute approximate surface area is 126 Å². The van der Waals surface area contributed by atoms with E-state index in [1.54, 1.807) is 24.3 Å². The molecule has 0 radical (unpaired) electrons. The molecule has 0 N–H and O–H groups in total. The molecule has 0 atom stereocenters. The van der Waals surface area contributed by atoms with Crippen molar-refractivity contribution in [1.82, 2.24) is 0 Å². The summed E-state index contributed by atoms with van der Waals surface area (Å²) in [7, 11) is -3.34. The van der Waals surface area contributed by atoms with Crippen LogP contribution in [0.3, 0.4) is 0 Å². The molecule has 1 fully saturated rings. The van der Waals surface area contributed by atoms with Gasteiger partial charge >= 0.3 is 0 Å². The molecule has 0 aromatic heterocycles. The van der Waals surface area contributed by atoms with Gasteiger partial charge in [0.05, 0.1) is 11.4 Å². The molecule has 0 bridgehead atoms. The Morgan fingerprint density at radius 1 is 1.10 bits per heavy atom. The van der Waals surface area contributed by atoms with E-state index in [1.807, 2.05) is 0 Å². The van der Waals surface area contributed by atoms with Crippen molar-refractivity contribution in [3.05, 3.63) is 29.8 Å². The van der Waals surface area contributed by atoms with Crippen molar-refractivity contribution >= 4 is 21.5 Å². The van der Waals surface area contributed by atoms with Crippen molar-refractivity contribution in [1.29, 1.82) is 0 Å². The van der Waals surface area contributed by atoms with Gasteiger partial charge in [-0.15, -0.1) is 0 Å². The van der Waals surface area contributed by atoms with E-state index < -0.39 is 10.0 Å². The minimum Gasteiger partial charge on any atom is -0.294 e. The van der Waals surface area contributed by atoms with Crippen LogP contribution < -0.4 is 4.31 Å². The molecule has 2 aliphatic rings. The summed E-state index contributed by atoms with van der Waals surface area (Å²) >= 11 is 0. The second-order valence-electron chi connectivity index (χ2n) is 6.05. The number of Topliss-reactive ketones (excluding diaryl/α,β-unsaturated/α-hetero) is 1. The molecule has 0 spiro atoms. The normalized spacial score (nSPS) is 20.4. The highest BCUT2D eigenvalue weighted by atomic mass is 32.2. The largest absolute Gasteiger partial charge is 0.294 e. The van der Waals surface area contributed by atoms with E-state index in [9.17, 15) is 13.2 Å². The molecule has 1 aliphatic heterocycles. The second-order valence-corrected chi connectivity index (χ2v) is 7.98. The maximum absolute atomic E-state index is 12.7. The average Bonchev–Trinajstić information content (AvgIpc) is 2.48. The number of carbonyl (C=O) groups is 1. The number of anilines is 1. The molecule has 1 saturated carbocycles. The minimum atomic E-state index is -3.34.